The standard InChI is InChI=1S/C25H25NO3S2/c1-3-29-25(28)22-20-13-10-17-6-4-5-7-19(17)23(20)31-24(22)26-21(27)14-15-30-18-11-8-16(2)9-12-18/h4-9,11-12H,3,10,13-15H2,1-2H3,(H,26,27). The summed E-state index contributed by atoms with van der Waals surface area (Å²) in [5.74, 6) is 0.234. The van der Waals surface area contributed by atoms with Crippen molar-refractivity contribution in [3.05, 3.63) is 70.8 Å². The highest BCUT2D eigenvalue weighted by molar-refractivity contribution is 7.99. The number of hydrogen-bond acceptors (Lipinski definition) is 5. The van der Waals surface area contributed by atoms with Gasteiger partial charge in [-0.1, -0.05) is 42.0 Å². The number of nitrogens with one attached hydrogen (secondary N) is 1. The second-order valence-electron chi connectivity index (χ2n) is 7.45. The molecule has 4 rings (SSSR count). The van der Waals surface area contributed by atoms with E-state index >= 15 is 0 Å². The summed E-state index contributed by atoms with van der Waals surface area (Å²) in [5.41, 5.74) is 5.16. The molecule has 1 amide bonds. The van der Waals surface area contributed by atoms with E-state index in [0.29, 0.717) is 29.3 Å². The summed E-state index contributed by atoms with van der Waals surface area (Å²) in [6.45, 7) is 4.16. The first-order valence-electron chi connectivity index (χ1n) is 10.5. The molecule has 0 saturated carbocycles. The number of thioether (sulfide) groups is 1. The predicted molar refractivity (Wildman–Crippen MR) is 128 cm³/mol. The molecule has 6 heteroatoms. The molecule has 0 atom stereocenters. The van der Waals surface area contributed by atoms with Gasteiger partial charge < -0.3 is 10.1 Å². The minimum Gasteiger partial charge on any atom is -0.462 e. The number of carbonyl (C=O) groups is 2. The third-order valence-corrected chi connectivity index (χ3v) is 7.46. The average Bonchev–Trinajstić information content (AvgIpc) is 3.13. The van der Waals surface area contributed by atoms with Crippen molar-refractivity contribution < 1.29 is 14.3 Å². The van der Waals surface area contributed by atoms with Gasteiger partial charge in [-0.05, 0) is 55.5 Å². The number of amides is 1. The summed E-state index contributed by atoms with van der Waals surface area (Å²) in [5, 5.41) is 3.60. The van der Waals surface area contributed by atoms with Crippen LogP contribution in [0.2, 0.25) is 0 Å². The summed E-state index contributed by atoms with van der Waals surface area (Å²) in [6.07, 6.45) is 2.03. The van der Waals surface area contributed by atoms with Gasteiger partial charge in [0.15, 0.2) is 0 Å². The van der Waals surface area contributed by atoms with Crippen molar-refractivity contribution >= 4 is 40.0 Å². The Morgan fingerprint density at radius 3 is 2.65 bits per heavy atom. The Bertz CT molecular complexity index is 1100. The molecular formula is C25H25NO3S2. The first kappa shape index (κ1) is 21.7. The molecule has 1 N–H and O–H groups in total. The Balaban J connectivity index is 1.52. The molecule has 1 aromatic heterocycles. The molecule has 0 radical (unpaired) electrons. The monoisotopic (exact) mass is 451 g/mol. The molecule has 1 heterocycles. The van der Waals surface area contributed by atoms with E-state index in [-0.39, 0.29) is 11.9 Å². The topological polar surface area (TPSA) is 55.4 Å². The van der Waals surface area contributed by atoms with Crippen molar-refractivity contribution in [3.63, 3.8) is 0 Å². The fourth-order valence-electron chi connectivity index (χ4n) is 3.73. The maximum Gasteiger partial charge on any atom is 0.341 e. The lowest BCUT2D eigenvalue weighted by Gasteiger charge is -2.16. The van der Waals surface area contributed by atoms with Crippen LogP contribution in [0.5, 0.6) is 0 Å². The number of fused-ring (bicyclic) bond motifs is 3. The zero-order chi connectivity index (χ0) is 21.8. The first-order valence-corrected chi connectivity index (χ1v) is 12.3. The molecule has 3 aromatic rings. The van der Waals surface area contributed by atoms with Gasteiger partial charge in [0.2, 0.25) is 5.91 Å². The molecule has 2 aromatic carbocycles. The smallest absolute Gasteiger partial charge is 0.341 e. The number of ether oxygens (including phenoxy) is 1. The van der Waals surface area contributed by atoms with Crippen LogP contribution in [0.3, 0.4) is 0 Å². The zero-order valence-electron chi connectivity index (χ0n) is 17.7. The van der Waals surface area contributed by atoms with Crippen LogP contribution >= 0.6 is 23.1 Å². The van der Waals surface area contributed by atoms with Gasteiger partial charge in [-0.25, -0.2) is 4.79 Å². The molecule has 0 unspecified atom stereocenters. The fraction of sp³-hybridized carbons (Fsp3) is 0.280. The van der Waals surface area contributed by atoms with Crippen molar-refractivity contribution in [3.8, 4) is 10.4 Å². The average molecular weight is 452 g/mol. The van der Waals surface area contributed by atoms with E-state index in [9.17, 15) is 9.59 Å². The van der Waals surface area contributed by atoms with Gasteiger partial charge in [0, 0.05) is 21.9 Å². The fourth-order valence-corrected chi connectivity index (χ4v) is 5.90. The molecule has 1 aliphatic rings. The van der Waals surface area contributed by atoms with Crippen molar-refractivity contribution in [1.29, 1.82) is 0 Å². The number of esters is 1. The van der Waals surface area contributed by atoms with Crippen molar-refractivity contribution in [2.75, 3.05) is 17.7 Å². The van der Waals surface area contributed by atoms with E-state index in [4.69, 9.17) is 4.74 Å². The molecule has 31 heavy (non-hydrogen) atoms. The van der Waals surface area contributed by atoms with Crippen molar-refractivity contribution in [1.82, 2.24) is 0 Å². The van der Waals surface area contributed by atoms with E-state index in [1.165, 1.54) is 22.5 Å². The van der Waals surface area contributed by atoms with E-state index in [0.717, 1.165) is 33.7 Å². The van der Waals surface area contributed by atoms with Gasteiger partial charge in [-0.15, -0.1) is 23.1 Å². The summed E-state index contributed by atoms with van der Waals surface area (Å²) in [4.78, 5) is 27.6. The van der Waals surface area contributed by atoms with Crippen LogP contribution in [0.1, 0.15) is 40.4 Å². The Hall–Kier alpha value is -2.57. The molecule has 160 valence electrons. The van der Waals surface area contributed by atoms with Crippen LogP contribution in [0.4, 0.5) is 5.00 Å². The Kier molecular flexibility index (Phi) is 6.78. The molecule has 0 fully saturated rings. The normalized spacial score (nSPS) is 12.1. The third kappa shape index (κ3) is 4.86. The summed E-state index contributed by atoms with van der Waals surface area (Å²) < 4.78 is 5.32. The van der Waals surface area contributed by atoms with E-state index in [2.05, 4.69) is 48.6 Å². The van der Waals surface area contributed by atoms with Gasteiger partial charge >= 0.3 is 5.97 Å². The molecule has 1 aliphatic carbocycles. The molecule has 0 aliphatic heterocycles. The number of anilines is 1. The summed E-state index contributed by atoms with van der Waals surface area (Å²) in [6, 6.07) is 16.6. The molecule has 0 saturated heterocycles. The summed E-state index contributed by atoms with van der Waals surface area (Å²) >= 11 is 3.13. The Labute approximate surface area is 191 Å². The van der Waals surface area contributed by atoms with Crippen molar-refractivity contribution in [2.24, 2.45) is 0 Å². The van der Waals surface area contributed by atoms with Crippen LogP contribution < -0.4 is 5.32 Å². The maximum atomic E-state index is 12.7. The Morgan fingerprint density at radius 1 is 1.10 bits per heavy atom. The lowest BCUT2D eigenvalue weighted by molar-refractivity contribution is -0.115. The molecular weight excluding hydrogens is 426 g/mol. The third-order valence-electron chi connectivity index (χ3n) is 5.26. The zero-order valence-corrected chi connectivity index (χ0v) is 19.3. The number of hydrogen-bond donors (Lipinski definition) is 1. The van der Waals surface area contributed by atoms with Gasteiger partial charge in [-0.3, -0.25) is 4.79 Å². The number of thiophene rings is 1. The largest absolute Gasteiger partial charge is 0.462 e. The van der Waals surface area contributed by atoms with Crippen LogP contribution in [0.15, 0.2) is 53.4 Å². The van der Waals surface area contributed by atoms with Gasteiger partial charge in [0.1, 0.15) is 5.00 Å². The molecule has 0 spiro atoms. The van der Waals surface area contributed by atoms with Crippen molar-refractivity contribution in [2.45, 2.75) is 38.0 Å². The number of aryl methyl sites for hydroxylation is 2. The van der Waals surface area contributed by atoms with Gasteiger partial charge in [0.05, 0.1) is 12.2 Å². The van der Waals surface area contributed by atoms with E-state index in [1.807, 2.05) is 12.1 Å². The van der Waals surface area contributed by atoms with Gasteiger partial charge in [-0.2, -0.15) is 0 Å². The second kappa shape index (κ2) is 9.71. The highest BCUT2D eigenvalue weighted by atomic mass is 32.2. The minimum absolute atomic E-state index is 0.0861. The highest BCUT2D eigenvalue weighted by Gasteiger charge is 2.29. The number of rotatable bonds is 7. The molecule has 0 bridgehead atoms. The lowest BCUT2D eigenvalue weighted by Crippen LogP contribution is -2.16. The second-order valence-corrected chi connectivity index (χ2v) is 9.64. The SMILES string of the molecule is CCOC(=O)c1c(NC(=O)CCSc2ccc(C)cc2)sc2c1CCc1ccccc1-2. The first-order chi connectivity index (χ1) is 15.1. The van der Waals surface area contributed by atoms with Crippen LogP contribution in [-0.4, -0.2) is 24.2 Å². The van der Waals surface area contributed by atoms with Gasteiger partial charge in [0.25, 0.3) is 0 Å². The minimum atomic E-state index is -0.358. The van der Waals surface area contributed by atoms with Crippen LogP contribution in [0.25, 0.3) is 10.4 Å². The van der Waals surface area contributed by atoms with Crippen LogP contribution in [0, 0.1) is 6.92 Å². The quantitative estimate of drug-likeness (QED) is 0.347. The van der Waals surface area contributed by atoms with Crippen LogP contribution in [-0.2, 0) is 22.4 Å². The highest BCUT2D eigenvalue weighted by Crippen LogP contribution is 2.45. The number of benzene rings is 2. The predicted octanol–water partition coefficient (Wildman–Crippen LogP) is 6.12. The lowest BCUT2D eigenvalue weighted by atomic mass is 9.89. The Morgan fingerprint density at radius 2 is 1.87 bits per heavy atom. The van der Waals surface area contributed by atoms with E-state index in [1.54, 1.807) is 18.7 Å². The molecule has 4 nitrogen and oxygen atoms in total. The maximum absolute atomic E-state index is 12.7. The number of carbonyl (C=O) groups excluding carboxylic acids is 2. The van der Waals surface area contributed by atoms with E-state index < -0.39 is 0 Å². The summed E-state index contributed by atoms with van der Waals surface area (Å²) in [7, 11) is 0.